The molecular weight excluding hydrogens is 321 g/mol. The highest BCUT2D eigenvalue weighted by Gasteiger charge is 2.31. The van der Waals surface area contributed by atoms with E-state index in [0.717, 1.165) is 18.6 Å². The second kappa shape index (κ2) is 6.21. The smallest absolute Gasteiger partial charge is 0.309 e. The van der Waals surface area contributed by atoms with E-state index in [0.29, 0.717) is 18.7 Å². The SMILES string of the molecule is O=c1nccc([C@@H]2CCCN(S(=O)(=O)c3ccc(F)cc3)C2)[nH]1. The highest BCUT2D eigenvalue weighted by atomic mass is 32.2. The predicted octanol–water partition coefficient (Wildman–Crippen LogP) is 1.48. The Bertz CT molecular complexity index is 849. The van der Waals surface area contributed by atoms with Crippen LogP contribution in [0.2, 0.25) is 0 Å². The van der Waals surface area contributed by atoms with Crippen LogP contribution in [0.25, 0.3) is 0 Å². The molecule has 0 aliphatic carbocycles. The van der Waals surface area contributed by atoms with E-state index in [-0.39, 0.29) is 17.4 Å². The molecule has 0 bridgehead atoms. The molecule has 0 saturated carbocycles. The fourth-order valence-electron chi connectivity index (χ4n) is 2.79. The first-order valence-electron chi connectivity index (χ1n) is 7.28. The average molecular weight is 337 g/mol. The summed E-state index contributed by atoms with van der Waals surface area (Å²) >= 11 is 0. The number of sulfonamides is 1. The Morgan fingerprint density at radius 1 is 1.22 bits per heavy atom. The second-order valence-electron chi connectivity index (χ2n) is 5.49. The molecule has 8 heteroatoms. The van der Waals surface area contributed by atoms with Crippen molar-refractivity contribution in [3.8, 4) is 0 Å². The zero-order chi connectivity index (χ0) is 16.4. The van der Waals surface area contributed by atoms with Gasteiger partial charge in [-0.05, 0) is 43.2 Å². The van der Waals surface area contributed by atoms with Gasteiger partial charge >= 0.3 is 5.69 Å². The number of hydrogen-bond donors (Lipinski definition) is 1. The van der Waals surface area contributed by atoms with Gasteiger partial charge in [-0.25, -0.2) is 22.6 Å². The molecule has 23 heavy (non-hydrogen) atoms. The summed E-state index contributed by atoms with van der Waals surface area (Å²) in [5.74, 6) is -0.565. The minimum absolute atomic E-state index is 0.0720. The van der Waals surface area contributed by atoms with Gasteiger partial charge in [0.1, 0.15) is 5.82 Å². The van der Waals surface area contributed by atoms with Gasteiger partial charge in [-0.2, -0.15) is 4.31 Å². The Balaban J connectivity index is 1.85. The number of piperidine rings is 1. The minimum atomic E-state index is -3.67. The topological polar surface area (TPSA) is 83.1 Å². The molecule has 122 valence electrons. The van der Waals surface area contributed by atoms with E-state index in [1.165, 1.54) is 22.6 Å². The fraction of sp³-hybridized carbons (Fsp3) is 0.333. The first-order valence-corrected chi connectivity index (χ1v) is 8.72. The van der Waals surface area contributed by atoms with Gasteiger partial charge in [0.15, 0.2) is 0 Å². The maximum atomic E-state index is 13.0. The predicted molar refractivity (Wildman–Crippen MR) is 82.0 cm³/mol. The molecule has 0 spiro atoms. The van der Waals surface area contributed by atoms with Gasteiger partial charge in [-0.15, -0.1) is 0 Å². The van der Waals surface area contributed by atoms with Gasteiger partial charge in [-0.1, -0.05) is 0 Å². The normalized spacial score (nSPS) is 19.6. The van der Waals surface area contributed by atoms with E-state index < -0.39 is 21.5 Å². The summed E-state index contributed by atoms with van der Waals surface area (Å²) in [5.41, 5.74) is 0.241. The van der Waals surface area contributed by atoms with Crippen molar-refractivity contribution >= 4 is 10.0 Å². The second-order valence-corrected chi connectivity index (χ2v) is 7.42. The Labute approximate surface area is 133 Å². The Morgan fingerprint density at radius 2 is 1.96 bits per heavy atom. The van der Waals surface area contributed by atoms with Crippen LogP contribution in [0.4, 0.5) is 4.39 Å². The van der Waals surface area contributed by atoms with Crippen molar-refractivity contribution < 1.29 is 12.8 Å². The quantitative estimate of drug-likeness (QED) is 0.919. The maximum absolute atomic E-state index is 13.0. The van der Waals surface area contributed by atoms with E-state index in [1.54, 1.807) is 6.07 Å². The first-order chi connectivity index (χ1) is 11.0. The number of benzene rings is 1. The molecule has 1 saturated heterocycles. The standard InChI is InChI=1S/C15H16FN3O3S/c16-12-3-5-13(6-4-12)23(21,22)19-9-1-2-11(10-19)14-7-8-17-15(20)18-14/h3-8,11H,1-2,9-10H2,(H,17,18,20)/t11-/m1/s1. The molecule has 1 aliphatic heterocycles. The van der Waals surface area contributed by atoms with Crippen LogP contribution in [0.15, 0.2) is 46.2 Å². The molecule has 1 atom stereocenters. The zero-order valence-corrected chi connectivity index (χ0v) is 13.1. The Kier molecular flexibility index (Phi) is 4.27. The van der Waals surface area contributed by atoms with E-state index >= 15 is 0 Å². The van der Waals surface area contributed by atoms with Crippen LogP contribution in [-0.4, -0.2) is 35.8 Å². The molecule has 1 aliphatic rings. The molecule has 0 amide bonds. The summed E-state index contributed by atoms with van der Waals surface area (Å²) in [4.78, 5) is 17.6. The van der Waals surface area contributed by atoms with Crippen LogP contribution < -0.4 is 5.69 Å². The lowest BCUT2D eigenvalue weighted by Gasteiger charge is -2.31. The molecule has 3 rings (SSSR count). The number of nitrogens with one attached hydrogen (secondary N) is 1. The highest BCUT2D eigenvalue weighted by molar-refractivity contribution is 7.89. The molecule has 2 aromatic rings. The number of halogens is 1. The Morgan fingerprint density at radius 3 is 2.65 bits per heavy atom. The average Bonchev–Trinajstić information content (AvgIpc) is 2.55. The van der Waals surface area contributed by atoms with E-state index in [4.69, 9.17) is 0 Å². The van der Waals surface area contributed by atoms with Crippen LogP contribution in [0, 0.1) is 5.82 Å². The molecule has 1 fully saturated rings. The fourth-order valence-corrected chi connectivity index (χ4v) is 4.31. The summed E-state index contributed by atoms with van der Waals surface area (Å²) in [6.45, 7) is 0.686. The summed E-state index contributed by atoms with van der Waals surface area (Å²) in [6.07, 6.45) is 2.90. The monoisotopic (exact) mass is 337 g/mol. The summed E-state index contributed by atoms with van der Waals surface area (Å²) in [5, 5.41) is 0. The molecule has 0 radical (unpaired) electrons. The number of aromatic amines is 1. The largest absolute Gasteiger partial charge is 0.345 e. The van der Waals surface area contributed by atoms with Crippen LogP contribution in [-0.2, 0) is 10.0 Å². The molecule has 0 unspecified atom stereocenters. The van der Waals surface area contributed by atoms with Gasteiger partial charge in [0.05, 0.1) is 4.90 Å². The highest BCUT2D eigenvalue weighted by Crippen LogP contribution is 2.28. The van der Waals surface area contributed by atoms with E-state index in [9.17, 15) is 17.6 Å². The number of aromatic nitrogens is 2. The van der Waals surface area contributed by atoms with Gasteiger partial charge in [-0.3, -0.25) is 0 Å². The zero-order valence-electron chi connectivity index (χ0n) is 12.3. The molecule has 1 aromatic carbocycles. The van der Waals surface area contributed by atoms with Gasteiger partial charge in [0.25, 0.3) is 0 Å². The molecular formula is C15H16FN3O3S. The van der Waals surface area contributed by atoms with Crippen molar-refractivity contribution in [2.24, 2.45) is 0 Å². The van der Waals surface area contributed by atoms with Crippen LogP contribution in [0.5, 0.6) is 0 Å². The van der Waals surface area contributed by atoms with Crippen molar-refractivity contribution in [2.75, 3.05) is 13.1 Å². The maximum Gasteiger partial charge on any atom is 0.345 e. The van der Waals surface area contributed by atoms with Crippen LogP contribution in [0.1, 0.15) is 24.5 Å². The first kappa shape index (κ1) is 15.8. The molecule has 1 aromatic heterocycles. The van der Waals surface area contributed by atoms with Crippen LogP contribution in [0.3, 0.4) is 0 Å². The third-order valence-corrected chi connectivity index (χ3v) is 5.85. The summed E-state index contributed by atoms with van der Waals surface area (Å²) in [7, 11) is -3.67. The van der Waals surface area contributed by atoms with Crippen molar-refractivity contribution in [3.05, 3.63) is 58.5 Å². The third-order valence-electron chi connectivity index (χ3n) is 3.97. The lowest BCUT2D eigenvalue weighted by molar-refractivity contribution is 0.312. The van der Waals surface area contributed by atoms with Crippen molar-refractivity contribution in [2.45, 2.75) is 23.7 Å². The number of rotatable bonds is 3. The number of H-pyrrole nitrogens is 1. The third kappa shape index (κ3) is 3.32. The molecule has 1 N–H and O–H groups in total. The van der Waals surface area contributed by atoms with Crippen LogP contribution >= 0.6 is 0 Å². The van der Waals surface area contributed by atoms with Crippen molar-refractivity contribution in [1.29, 1.82) is 0 Å². The van der Waals surface area contributed by atoms with Crippen molar-refractivity contribution in [1.82, 2.24) is 14.3 Å². The van der Waals surface area contributed by atoms with Gasteiger partial charge in [0.2, 0.25) is 10.0 Å². The van der Waals surface area contributed by atoms with Gasteiger partial charge in [0, 0.05) is 30.9 Å². The van der Waals surface area contributed by atoms with Gasteiger partial charge < -0.3 is 4.98 Å². The molecule has 2 heterocycles. The minimum Gasteiger partial charge on any atom is -0.309 e. The lowest BCUT2D eigenvalue weighted by Crippen LogP contribution is -2.39. The van der Waals surface area contributed by atoms with E-state index in [1.807, 2.05) is 0 Å². The summed E-state index contributed by atoms with van der Waals surface area (Å²) < 4.78 is 39.7. The number of hydrogen-bond acceptors (Lipinski definition) is 4. The summed E-state index contributed by atoms with van der Waals surface area (Å²) in [6, 6.07) is 6.49. The van der Waals surface area contributed by atoms with E-state index in [2.05, 4.69) is 9.97 Å². The number of nitrogens with zero attached hydrogens (tertiary/aromatic N) is 2. The Hall–Kier alpha value is -2.06. The molecule has 6 nitrogen and oxygen atoms in total. The van der Waals surface area contributed by atoms with Crippen molar-refractivity contribution in [3.63, 3.8) is 0 Å². The lowest BCUT2D eigenvalue weighted by atomic mass is 9.96.